The summed E-state index contributed by atoms with van der Waals surface area (Å²) in [5, 5.41) is 0. The molecule has 0 radical (unpaired) electrons. The third-order valence-corrected chi connectivity index (χ3v) is 2.46. The number of esters is 1. The van der Waals surface area contributed by atoms with Crippen LogP contribution in [0.3, 0.4) is 0 Å². The topological polar surface area (TPSA) is 26.3 Å². The first-order valence-corrected chi connectivity index (χ1v) is 6.06. The van der Waals surface area contributed by atoms with Gasteiger partial charge in [-0.05, 0) is 61.1 Å². The van der Waals surface area contributed by atoms with Crippen LogP contribution in [-0.2, 0) is 4.74 Å². The SMILES string of the molecule is C=C(I)c1ccc(C(=O)OC(C)(C)C)cc1. The van der Waals surface area contributed by atoms with Crippen LogP contribution >= 0.6 is 22.6 Å². The first-order chi connectivity index (χ1) is 7.29. The zero-order chi connectivity index (χ0) is 12.3. The highest BCUT2D eigenvalue weighted by Crippen LogP contribution is 2.20. The monoisotopic (exact) mass is 330 g/mol. The van der Waals surface area contributed by atoms with E-state index < -0.39 is 5.60 Å². The molecular weight excluding hydrogens is 315 g/mol. The number of carbonyl (C=O) groups is 1. The summed E-state index contributed by atoms with van der Waals surface area (Å²) < 4.78 is 6.21. The van der Waals surface area contributed by atoms with Gasteiger partial charge in [-0.3, -0.25) is 0 Å². The molecule has 3 heteroatoms. The van der Waals surface area contributed by atoms with Gasteiger partial charge in [0.25, 0.3) is 0 Å². The number of rotatable bonds is 2. The third-order valence-electron chi connectivity index (χ3n) is 1.83. The first-order valence-electron chi connectivity index (χ1n) is 4.98. The lowest BCUT2D eigenvalue weighted by molar-refractivity contribution is 0.00696. The summed E-state index contributed by atoms with van der Waals surface area (Å²) in [6.45, 7) is 9.39. The molecule has 0 aliphatic rings. The van der Waals surface area contributed by atoms with Crippen LogP contribution < -0.4 is 0 Å². The summed E-state index contributed by atoms with van der Waals surface area (Å²) >= 11 is 2.15. The molecule has 0 aliphatic carbocycles. The fraction of sp³-hybridized carbons (Fsp3) is 0.308. The van der Waals surface area contributed by atoms with Gasteiger partial charge in [0.05, 0.1) is 5.56 Å². The fourth-order valence-electron chi connectivity index (χ4n) is 1.12. The van der Waals surface area contributed by atoms with Gasteiger partial charge < -0.3 is 4.74 Å². The maximum absolute atomic E-state index is 11.7. The van der Waals surface area contributed by atoms with Gasteiger partial charge in [0.15, 0.2) is 0 Å². The summed E-state index contributed by atoms with van der Waals surface area (Å²) in [5.74, 6) is -0.293. The van der Waals surface area contributed by atoms with Gasteiger partial charge in [-0.15, -0.1) is 0 Å². The lowest BCUT2D eigenvalue weighted by atomic mass is 10.1. The minimum Gasteiger partial charge on any atom is -0.456 e. The van der Waals surface area contributed by atoms with Gasteiger partial charge in [0.1, 0.15) is 5.60 Å². The van der Waals surface area contributed by atoms with E-state index in [2.05, 4.69) is 29.2 Å². The molecule has 0 spiro atoms. The minimum absolute atomic E-state index is 0.293. The highest BCUT2D eigenvalue weighted by Gasteiger charge is 2.17. The van der Waals surface area contributed by atoms with E-state index in [4.69, 9.17) is 4.74 Å². The Hall–Kier alpha value is -0.840. The number of hydrogen-bond acceptors (Lipinski definition) is 2. The molecule has 0 aliphatic heterocycles. The highest BCUT2D eigenvalue weighted by molar-refractivity contribution is 14.1. The number of benzene rings is 1. The maximum Gasteiger partial charge on any atom is 0.338 e. The number of hydrogen-bond donors (Lipinski definition) is 0. The van der Waals surface area contributed by atoms with Gasteiger partial charge >= 0.3 is 5.97 Å². The average Bonchev–Trinajstić information content (AvgIpc) is 2.15. The lowest BCUT2D eigenvalue weighted by Gasteiger charge is -2.19. The van der Waals surface area contributed by atoms with Crippen LogP contribution in [0.2, 0.25) is 0 Å². The van der Waals surface area contributed by atoms with Crippen LogP contribution in [0, 0.1) is 0 Å². The summed E-state index contributed by atoms with van der Waals surface area (Å²) in [4.78, 5) is 11.7. The molecule has 1 aromatic rings. The molecule has 1 aromatic carbocycles. The van der Waals surface area contributed by atoms with E-state index in [1.54, 1.807) is 12.1 Å². The molecule has 16 heavy (non-hydrogen) atoms. The predicted octanol–water partition coefficient (Wildman–Crippen LogP) is 4.05. The molecular formula is C13H15IO2. The number of halogens is 1. The molecule has 2 nitrogen and oxygen atoms in total. The number of ether oxygens (including phenoxy) is 1. The van der Waals surface area contributed by atoms with E-state index in [0.717, 1.165) is 9.14 Å². The quantitative estimate of drug-likeness (QED) is 0.604. The highest BCUT2D eigenvalue weighted by atomic mass is 127. The Labute approximate surface area is 110 Å². The predicted molar refractivity (Wildman–Crippen MR) is 74.7 cm³/mol. The van der Waals surface area contributed by atoms with Crippen molar-refractivity contribution in [3.8, 4) is 0 Å². The second-order valence-corrected chi connectivity index (χ2v) is 5.79. The van der Waals surface area contributed by atoms with Crippen molar-refractivity contribution in [3.05, 3.63) is 42.0 Å². The van der Waals surface area contributed by atoms with Crippen LogP contribution in [0.5, 0.6) is 0 Å². The van der Waals surface area contributed by atoms with Gasteiger partial charge in [-0.1, -0.05) is 18.7 Å². The fourth-order valence-corrected chi connectivity index (χ4v) is 1.48. The smallest absolute Gasteiger partial charge is 0.338 e. The Bertz CT molecular complexity index is 399. The molecule has 0 atom stereocenters. The van der Waals surface area contributed by atoms with E-state index in [1.165, 1.54) is 0 Å². The zero-order valence-electron chi connectivity index (χ0n) is 9.71. The molecule has 0 fully saturated rings. The standard InChI is InChI=1S/C13H15IO2/c1-9(14)10-5-7-11(8-6-10)12(15)16-13(2,3)4/h5-8H,1H2,2-4H3. The normalized spacial score (nSPS) is 11.0. The molecule has 0 unspecified atom stereocenters. The van der Waals surface area contributed by atoms with Crippen molar-refractivity contribution >= 4 is 32.1 Å². The molecule has 1 rings (SSSR count). The average molecular weight is 330 g/mol. The van der Waals surface area contributed by atoms with Crippen molar-refractivity contribution in [2.75, 3.05) is 0 Å². The van der Waals surface area contributed by atoms with Crippen LogP contribution in [0.15, 0.2) is 30.8 Å². The molecule has 86 valence electrons. The van der Waals surface area contributed by atoms with Gasteiger partial charge in [0.2, 0.25) is 0 Å². The van der Waals surface area contributed by atoms with Crippen LogP contribution in [-0.4, -0.2) is 11.6 Å². The van der Waals surface area contributed by atoms with Gasteiger partial charge in [-0.25, -0.2) is 4.79 Å². The van der Waals surface area contributed by atoms with Crippen LogP contribution in [0.25, 0.3) is 3.58 Å². The van der Waals surface area contributed by atoms with Crippen molar-refractivity contribution < 1.29 is 9.53 Å². The Morgan fingerprint density at radius 3 is 2.00 bits per heavy atom. The van der Waals surface area contributed by atoms with Crippen molar-refractivity contribution in [1.82, 2.24) is 0 Å². The van der Waals surface area contributed by atoms with E-state index in [1.807, 2.05) is 32.9 Å². The first kappa shape index (κ1) is 13.2. The van der Waals surface area contributed by atoms with Crippen molar-refractivity contribution in [1.29, 1.82) is 0 Å². The molecule has 0 bridgehead atoms. The molecule has 0 aromatic heterocycles. The van der Waals surface area contributed by atoms with Gasteiger partial charge in [-0.2, -0.15) is 0 Å². The van der Waals surface area contributed by atoms with E-state index in [9.17, 15) is 4.79 Å². The van der Waals surface area contributed by atoms with Gasteiger partial charge in [0, 0.05) is 3.58 Å². The Morgan fingerprint density at radius 2 is 1.62 bits per heavy atom. The Morgan fingerprint density at radius 1 is 1.19 bits per heavy atom. The minimum atomic E-state index is -0.456. The molecule has 0 N–H and O–H groups in total. The summed E-state index contributed by atoms with van der Waals surface area (Å²) in [5.41, 5.74) is 1.13. The lowest BCUT2D eigenvalue weighted by Crippen LogP contribution is -2.23. The van der Waals surface area contributed by atoms with Crippen molar-refractivity contribution in [2.24, 2.45) is 0 Å². The second kappa shape index (κ2) is 4.99. The maximum atomic E-state index is 11.7. The van der Waals surface area contributed by atoms with Crippen molar-refractivity contribution in [2.45, 2.75) is 26.4 Å². The van der Waals surface area contributed by atoms with Crippen LogP contribution in [0.4, 0.5) is 0 Å². The summed E-state index contributed by atoms with van der Waals surface area (Å²) in [6, 6.07) is 7.25. The third kappa shape index (κ3) is 3.96. The largest absolute Gasteiger partial charge is 0.456 e. The molecule has 0 saturated heterocycles. The Balaban J connectivity index is 2.82. The van der Waals surface area contributed by atoms with Crippen molar-refractivity contribution in [3.63, 3.8) is 0 Å². The molecule has 0 saturated carbocycles. The second-order valence-electron chi connectivity index (χ2n) is 4.48. The molecule has 0 heterocycles. The van der Waals surface area contributed by atoms with Crippen LogP contribution in [0.1, 0.15) is 36.7 Å². The summed E-state index contributed by atoms with van der Waals surface area (Å²) in [7, 11) is 0. The Kier molecular flexibility index (Phi) is 4.13. The van der Waals surface area contributed by atoms with E-state index in [0.29, 0.717) is 5.56 Å². The van der Waals surface area contributed by atoms with E-state index in [-0.39, 0.29) is 5.97 Å². The number of carbonyl (C=O) groups excluding carboxylic acids is 1. The van der Waals surface area contributed by atoms with E-state index >= 15 is 0 Å². The zero-order valence-corrected chi connectivity index (χ0v) is 11.9. The summed E-state index contributed by atoms with van der Waals surface area (Å²) in [6.07, 6.45) is 0. The molecule has 0 amide bonds.